The summed E-state index contributed by atoms with van der Waals surface area (Å²) in [4.78, 5) is 4.72. The van der Waals surface area contributed by atoms with Gasteiger partial charge in [-0.3, -0.25) is 0 Å². The summed E-state index contributed by atoms with van der Waals surface area (Å²) in [6, 6.07) is 67.9. The van der Waals surface area contributed by atoms with Crippen molar-refractivity contribution in [1.29, 1.82) is 0 Å². The Hall–Kier alpha value is -7.53. The van der Waals surface area contributed by atoms with Gasteiger partial charge in [-0.2, -0.15) is 0 Å². The van der Waals surface area contributed by atoms with Crippen LogP contribution in [0.25, 0.3) is 66.1 Å². The highest BCUT2D eigenvalue weighted by molar-refractivity contribution is 6.36. The number of anilines is 6. The van der Waals surface area contributed by atoms with E-state index in [0.717, 1.165) is 100 Å². The number of halogens is 1. The van der Waals surface area contributed by atoms with E-state index in [2.05, 4.69) is 257 Å². The topological polar surface area (TPSA) is 32.8 Å². The van der Waals surface area contributed by atoms with Gasteiger partial charge >= 0.3 is 0 Å². The molecule has 0 atom stereocenters. The second-order valence-corrected chi connectivity index (χ2v) is 24.8. The molecule has 0 amide bonds. The second kappa shape index (κ2) is 18.4. The highest BCUT2D eigenvalue weighted by Gasteiger charge is 2.29. The molecule has 0 radical (unpaired) electrons. The fourth-order valence-electron chi connectivity index (χ4n) is 10.5. The fourth-order valence-corrected chi connectivity index (χ4v) is 10.8. The Morgan fingerprint density at radius 1 is 0.320 bits per heavy atom. The predicted octanol–water partition coefficient (Wildman–Crippen LogP) is 21.6. The molecule has 4 nitrogen and oxygen atoms in total. The first-order valence-electron chi connectivity index (χ1n) is 26.3. The first-order chi connectivity index (χ1) is 35.6. The number of nitrogens with zero attached hydrogens (tertiary/aromatic N) is 2. The zero-order valence-corrected chi connectivity index (χ0v) is 46.2. The quantitative estimate of drug-likeness (QED) is 0.152. The van der Waals surface area contributed by atoms with Crippen molar-refractivity contribution in [1.82, 2.24) is 0 Å². The van der Waals surface area contributed by atoms with Crippen LogP contribution >= 0.6 is 11.6 Å². The number of hydrogen-bond acceptors (Lipinski definition) is 4. The molecule has 376 valence electrons. The minimum atomic E-state index is -0.120. The van der Waals surface area contributed by atoms with E-state index in [-0.39, 0.29) is 21.7 Å². The Bertz CT molecular complexity index is 3620. The summed E-state index contributed by atoms with van der Waals surface area (Å²) in [7, 11) is 0. The van der Waals surface area contributed by atoms with Crippen molar-refractivity contribution in [2.45, 2.75) is 105 Å². The maximum absolute atomic E-state index is 8.18. The monoisotopic (exact) mass is 1000 g/mol. The van der Waals surface area contributed by atoms with Gasteiger partial charge in [-0.05, 0) is 151 Å². The van der Waals surface area contributed by atoms with Gasteiger partial charge in [0.2, 0.25) is 0 Å². The van der Waals surface area contributed by atoms with Crippen molar-refractivity contribution in [3.8, 4) is 22.3 Å². The SMILES string of the molecule is CC(C)(C)c1cc(N(c2ccc(-c3cccc4oc5ccccc5c34)cc2)c2cccc(N(c3ccc(-c4cccc5oc6ccccc6c45)cc3)c3cc(C(C)(C)C)cc(C(C)(C)C)c3)c2Cl)cc(C(C)(C)C)c1. The largest absolute Gasteiger partial charge is 0.456 e. The average Bonchev–Trinajstić information content (AvgIpc) is 3.97. The molecule has 0 aliphatic heterocycles. The van der Waals surface area contributed by atoms with E-state index in [9.17, 15) is 0 Å². The Morgan fingerprint density at radius 2 is 0.640 bits per heavy atom. The number of furan rings is 2. The van der Waals surface area contributed by atoms with E-state index < -0.39 is 0 Å². The molecule has 0 aliphatic carbocycles. The smallest absolute Gasteiger partial charge is 0.136 e. The van der Waals surface area contributed by atoms with Crippen molar-refractivity contribution in [2.75, 3.05) is 9.80 Å². The lowest BCUT2D eigenvalue weighted by Gasteiger charge is -2.34. The molecule has 75 heavy (non-hydrogen) atoms. The van der Waals surface area contributed by atoms with E-state index in [1.54, 1.807) is 0 Å². The first kappa shape index (κ1) is 49.7. The first-order valence-corrected chi connectivity index (χ1v) is 26.7. The highest BCUT2D eigenvalue weighted by Crippen LogP contribution is 2.50. The minimum absolute atomic E-state index is 0.120. The summed E-state index contributed by atoms with van der Waals surface area (Å²) in [5, 5.41) is 5.08. The molecule has 11 aromatic rings. The van der Waals surface area contributed by atoms with Crippen LogP contribution in [0.2, 0.25) is 5.02 Å². The Labute approximate surface area is 448 Å². The van der Waals surface area contributed by atoms with Gasteiger partial charge in [-0.1, -0.05) is 198 Å². The molecule has 0 unspecified atom stereocenters. The lowest BCUT2D eigenvalue weighted by molar-refractivity contribution is 0.568. The standard InChI is InChI=1S/C70H67ClN2O2/c1-67(2,3)46-38-47(68(4,5)6)41-52(40-46)72(50-34-30-44(31-35-50)54-22-17-28-62-64(54)56-20-13-15-26-60(56)74-62)58-24-19-25-59(66(58)71)73(53-42-48(69(7,8)9)39-49(43-53)70(10,11)12)51-36-32-45(33-37-51)55-23-18-29-63-65(55)57-21-14-16-27-61(57)75-63/h13-43H,1-12H3. The third-order valence-electron chi connectivity index (χ3n) is 14.9. The number of hydrogen-bond donors (Lipinski definition) is 0. The Balaban J connectivity index is 1.12. The molecule has 0 N–H and O–H groups in total. The van der Waals surface area contributed by atoms with Crippen LogP contribution in [0.1, 0.15) is 105 Å². The Morgan fingerprint density at radius 3 is 0.987 bits per heavy atom. The predicted molar refractivity (Wildman–Crippen MR) is 321 cm³/mol. The molecule has 0 saturated carbocycles. The molecule has 9 aromatic carbocycles. The van der Waals surface area contributed by atoms with Crippen molar-refractivity contribution >= 4 is 89.6 Å². The summed E-state index contributed by atoms with van der Waals surface area (Å²) in [5.74, 6) is 0. The summed E-state index contributed by atoms with van der Waals surface area (Å²) >= 11 is 8.18. The lowest BCUT2D eigenvalue weighted by Crippen LogP contribution is -2.20. The minimum Gasteiger partial charge on any atom is -0.456 e. The molecular formula is C70H67ClN2O2. The van der Waals surface area contributed by atoms with Crippen LogP contribution in [0.15, 0.2) is 197 Å². The maximum atomic E-state index is 8.18. The van der Waals surface area contributed by atoms with E-state index in [0.29, 0.717) is 5.02 Å². The Kier molecular flexibility index (Phi) is 12.2. The molecule has 0 aliphatic rings. The van der Waals surface area contributed by atoms with Crippen molar-refractivity contribution < 1.29 is 8.83 Å². The van der Waals surface area contributed by atoms with Crippen LogP contribution in [0.5, 0.6) is 0 Å². The van der Waals surface area contributed by atoms with E-state index in [1.165, 1.54) is 22.3 Å². The van der Waals surface area contributed by atoms with Crippen molar-refractivity contribution in [2.24, 2.45) is 0 Å². The number of rotatable bonds is 8. The molecule has 0 saturated heterocycles. The number of para-hydroxylation sites is 2. The van der Waals surface area contributed by atoms with E-state index >= 15 is 0 Å². The van der Waals surface area contributed by atoms with Crippen LogP contribution in [-0.2, 0) is 21.7 Å². The van der Waals surface area contributed by atoms with Crippen LogP contribution in [0.4, 0.5) is 34.1 Å². The van der Waals surface area contributed by atoms with Crippen LogP contribution < -0.4 is 9.80 Å². The summed E-state index contributed by atoms with van der Waals surface area (Å²) in [6.45, 7) is 27.5. The molecule has 0 bridgehead atoms. The van der Waals surface area contributed by atoms with Gasteiger partial charge in [0.05, 0.1) is 16.4 Å². The lowest BCUT2D eigenvalue weighted by atomic mass is 9.80. The van der Waals surface area contributed by atoms with Gasteiger partial charge in [0.15, 0.2) is 0 Å². The average molecular weight is 1000 g/mol. The van der Waals surface area contributed by atoms with Crippen LogP contribution in [-0.4, -0.2) is 0 Å². The molecule has 5 heteroatoms. The van der Waals surface area contributed by atoms with E-state index in [1.807, 2.05) is 24.3 Å². The second-order valence-electron chi connectivity index (χ2n) is 24.5. The maximum Gasteiger partial charge on any atom is 0.136 e. The van der Waals surface area contributed by atoms with Gasteiger partial charge in [0, 0.05) is 44.3 Å². The molecular weight excluding hydrogens is 936 g/mol. The zero-order valence-electron chi connectivity index (χ0n) is 45.5. The molecule has 2 aromatic heterocycles. The number of benzene rings is 9. The fraction of sp³-hybridized carbons (Fsp3) is 0.229. The van der Waals surface area contributed by atoms with Crippen molar-refractivity contribution in [3.63, 3.8) is 0 Å². The molecule has 0 fully saturated rings. The highest BCUT2D eigenvalue weighted by atomic mass is 35.5. The normalized spacial score (nSPS) is 12.6. The van der Waals surface area contributed by atoms with Crippen LogP contribution in [0.3, 0.4) is 0 Å². The van der Waals surface area contributed by atoms with Gasteiger partial charge < -0.3 is 18.6 Å². The van der Waals surface area contributed by atoms with Gasteiger partial charge in [0.1, 0.15) is 22.3 Å². The molecule has 2 heterocycles. The summed E-state index contributed by atoms with van der Waals surface area (Å²) in [5.41, 5.74) is 18.4. The third kappa shape index (κ3) is 9.29. The van der Waals surface area contributed by atoms with Gasteiger partial charge in [-0.25, -0.2) is 0 Å². The number of fused-ring (bicyclic) bond motifs is 6. The molecule has 11 rings (SSSR count). The van der Waals surface area contributed by atoms with Crippen molar-refractivity contribution in [3.05, 3.63) is 215 Å². The van der Waals surface area contributed by atoms with Gasteiger partial charge in [0.25, 0.3) is 0 Å². The van der Waals surface area contributed by atoms with E-state index in [4.69, 9.17) is 20.4 Å². The van der Waals surface area contributed by atoms with Crippen LogP contribution in [0, 0.1) is 0 Å². The summed E-state index contributed by atoms with van der Waals surface area (Å²) < 4.78 is 12.7. The van der Waals surface area contributed by atoms with Gasteiger partial charge in [-0.15, -0.1) is 0 Å². The third-order valence-corrected chi connectivity index (χ3v) is 15.3. The molecule has 0 spiro atoms. The summed E-state index contributed by atoms with van der Waals surface area (Å²) in [6.07, 6.45) is 0. The zero-order chi connectivity index (χ0) is 52.8.